The molecule has 2 rings (SSSR count). The van der Waals surface area contributed by atoms with Gasteiger partial charge in [-0.15, -0.1) is 0 Å². The number of aldehydes is 1. The first-order valence-corrected chi connectivity index (χ1v) is 4.08. The first kappa shape index (κ1) is 8.55. The summed E-state index contributed by atoms with van der Waals surface area (Å²) in [6.45, 7) is 0. The summed E-state index contributed by atoms with van der Waals surface area (Å²) >= 11 is 0. The fourth-order valence-electron chi connectivity index (χ4n) is 1.10. The molecule has 2 aromatic heterocycles. The second-order valence-corrected chi connectivity index (χ2v) is 2.80. The zero-order chi connectivity index (χ0) is 9.97. The zero-order valence-electron chi connectivity index (χ0n) is 7.58. The molecule has 0 N–H and O–H groups in total. The number of rotatable bonds is 2. The van der Waals surface area contributed by atoms with Crippen LogP contribution in [0.4, 0.5) is 0 Å². The van der Waals surface area contributed by atoms with Gasteiger partial charge in [0, 0.05) is 19.4 Å². The van der Waals surface area contributed by atoms with E-state index < -0.39 is 0 Å². The Labute approximate surface area is 80.4 Å². The van der Waals surface area contributed by atoms with Crippen LogP contribution >= 0.6 is 0 Å². The molecule has 0 saturated carbocycles. The zero-order valence-corrected chi connectivity index (χ0v) is 7.58. The van der Waals surface area contributed by atoms with E-state index in [4.69, 9.17) is 0 Å². The molecule has 0 bridgehead atoms. The van der Waals surface area contributed by atoms with E-state index in [1.54, 1.807) is 29.2 Å². The summed E-state index contributed by atoms with van der Waals surface area (Å²) in [5, 5.41) is 4.13. The van der Waals surface area contributed by atoms with Crippen LogP contribution in [0.5, 0.6) is 0 Å². The number of hydrogen-bond donors (Lipinski definition) is 0. The van der Waals surface area contributed by atoms with Crippen LogP contribution < -0.4 is 0 Å². The van der Waals surface area contributed by atoms with Gasteiger partial charge in [0.15, 0.2) is 12.1 Å². The van der Waals surface area contributed by atoms with E-state index in [-0.39, 0.29) is 0 Å². The lowest BCUT2D eigenvalue weighted by atomic mass is 10.4. The van der Waals surface area contributed by atoms with Gasteiger partial charge in [-0.3, -0.25) is 9.48 Å². The molecule has 14 heavy (non-hydrogen) atoms. The van der Waals surface area contributed by atoms with E-state index in [1.807, 2.05) is 7.05 Å². The van der Waals surface area contributed by atoms with Crippen molar-refractivity contribution in [2.75, 3.05) is 0 Å². The molecule has 0 unspecified atom stereocenters. The second-order valence-electron chi connectivity index (χ2n) is 2.80. The van der Waals surface area contributed by atoms with Gasteiger partial charge >= 0.3 is 0 Å². The van der Waals surface area contributed by atoms with Crippen LogP contribution in [0.1, 0.15) is 10.5 Å². The monoisotopic (exact) mass is 188 g/mol. The van der Waals surface area contributed by atoms with Gasteiger partial charge in [-0.25, -0.2) is 9.97 Å². The SMILES string of the molecule is Cn1ccc(-c2nccc(C=O)n2)n1. The van der Waals surface area contributed by atoms with Crippen molar-refractivity contribution < 1.29 is 4.79 Å². The maximum absolute atomic E-state index is 10.5. The average molecular weight is 188 g/mol. The van der Waals surface area contributed by atoms with Crippen molar-refractivity contribution in [3.8, 4) is 11.5 Å². The molecule has 2 heterocycles. The van der Waals surface area contributed by atoms with E-state index in [1.165, 1.54) is 0 Å². The Kier molecular flexibility index (Phi) is 2.06. The average Bonchev–Trinajstić information content (AvgIpc) is 2.65. The Bertz CT molecular complexity index is 463. The standard InChI is InChI=1S/C9H8N4O/c1-13-5-3-8(12-13)9-10-4-2-7(6-14)11-9/h2-6H,1H3. The Morgan fingerprint density at radius 2 is 2.29 bits per heavy atom. The van der Waals surface area contributed by atoms with Gasteiger partial charge in [0.1, 0.15) is 11.4 Å². The molecule has 0 atom stereocenters. The molecule has 2 aromatic rings. The van der Waals surface area contributed by atoms with E-state index in [9.17, 15) is 4.79 Å². The molecule has 0 aromatic carbocycles. The predicted molar refractivity (Wildman–Crippen MR) is 49.6 cm³/mol. The topological polar surface area (TPSA) is 60.7 Å². The van der Waals surface area contributed by atoms with E-state index >= 15 is 0 Å². The third kappa shape index (κ3) is 1.52. The van der Waals surface area contributed by atoms with Crippen molar-refractivity contribution >= 4 is 6.29 Å². The van der Waals surface area contributed by atoms with Crippen LogP contribution in [0, 0.1) is 0 Å². The van der Waals surface area contributed by atoms with Crippen LogP contribution in [0.2, 0.25) is 0 Å². The molecule has 5 heteroatoms. The molecule has 0 spiro atoms. The molecule has 0 aliphatic heterocycles. The number of nitrogens with zero attached hydrogens (tertiary/aromatic N) is 4. The van der Waals surface area contributed by atoms with Crippen LogP contribution in [0.3, 0.4) is 0 Å². The Hall–Kier alpha value is -2.04. The number of carbonyl (C=O) groups excluding carboxylic acids is 1. The molecular weight excluding hydrogens is 180 g/mol. The van der Waals surface area contributed by atoms with Crippen molar-refractivity contribution in [2.45, 2.75) is 0 Å². The lowest BCUT2D eigenvalue weighted by molar-refractivity contribution is 0.111. The highest BCUT2D eigenvalue weighted by Gasteiger charge is 2.04. The summed E-state index contributed by atoms with van der Waals surface area (Å²) in [4.78, 5) is 18.5. The smallest absolute Gasteiger partial charge is 0.180 e. The summed E-state index contributed by atoms with van der Waals surface area (Å²) < 4.78 is 1.66. The third-order valence-electron chi connectivity index (χ3n) is 1.74. The summed E-state index contributed by atoms with van der Waals surface area (Å²) in [5.74, 6) is 0.468. The summed E-state index contributed by atoms with van der Waals surface area (Å²) in [7, 11) is 1.81. The highest BCUT2D eigenvalue weighted by atomic mass is 16.1. The molecule has 70 valence electrons. The van der Waals surface area contributed by atoms with Crippen molar-refractivity contribution in [3.63, 3.8) is 0 Å². The number of carbonyl (C=O) groups is 1. The van der Waals surface area contributed by atoms with Gasteiger partial charge in [-0.05, 0) is 12.1 Å². The van der Waals surface area contributed by atoms with Gasteiger partial charge in [-0.1, -0.05) is 0 Å². The number of aryl methyl sites for hydroxylation is 1. The molecule has 0 aliphatic rings. The first-order valence-electron chi connectivity index (χ1n) is 4.08. The summed E-state index contributed by atoms with van der Waals surface area (Å²) in [6, 6.07) is 3.35. The lowest BCUT2D eigenvalue weighted by Gasteiger charge is -1.94. The van der Waals surface area contributed by atoms with Crippen LogP contribution in [-0.4, -0.2) is 26.0 Å². The van der Waals surface area contributed by atoms with E-state index in [0.717, 1.165) is 0 Å². The van der Waals surface area contributed by atoms with Crippen molar-refractivity contribution in [3.05, 3.63) is 30.2 Å². The Morgan fingerprint density at radius 3 is 2.93 bits per heavy atom. The molecule has 0 radical (unpaired) electrons. The van der Waals surface area contributed by atoms with Crippen LogP contribution in [0.25, 0.3) is 11.5 Å². The van der Waals surface area contributed by atoms with E-state index in [2.05, 4.69) is 15.1 Å². The molecule has 0 aliphatic carbocycles. The number of hydrogen-bond acceptors (Lipinski definition) is 4. The number of aromatic nitrogens is 4. The maximum Gasteiger partial charge on any atom is 0.180 e. The van der Waals surface area contributed by atoms with Gasteiger partial charge in [0.25, 0.3) is 0 Å². The highest BCUT2D eigenvalue weighted by Crippen LogP contribution is 2.10. The molecule has 5 nitrogen and oxygen atoms in total. The van der Waals surface area contributed by atoms with Gasteiger partial charge in [-0.2, -0.15) is 5.10 Å². The Morgan fingerprint density at radius 1 is 1.43 bits per heavy atom. The predicted octanol–water partition coefficient (Wildman–Crippen LogP) is 0.690. The Balaban J connectivity index is 2.46. The first-order chi connectivity index (χ1) is 6.79. The minimum Gasteiger partial charge on any atom is -0.296 e. The van der Waals surface area contributed by atoms with Crippen LogP contribution in [0.15, 0.2) is 24.5 Å². The fourth-order valence-corrected chi connectivity index (χ4v) is 1.10. The largest absolute Gasteiger partial charge is 0.296 e. The minimum absolute atomic E-state index is 0.362. The van der Waals surface area contributed by atoms with Gasteiger partial charge in [0.05, 0.1) is 0 Å². The van der Waals surface area contributed by atoms with Crippen LogP contribution in [-0.2, 0) is 7.05 Å². The summed E-state index contributed by atoms with van der Waals surface area (Å²) in [5.41, 5.74) is 1.02. The van der Waals surface area contributed by atoms with E-state index in [0.29, 0.717) is 23.5 Å². The second kappa shape index (κ2) is 3.37. The molecule has 0 amide bonds. The van der Waals surface area contributed by atoms with Crippen molar-refractivity contribution in [1.82, 2.24) is 19.7 Å². The normalized spacial score (nSPS) is 10.1. The lowest BCUT2D eigenvalue weighted by Crippen LogP contribution is -1.95. The van der Waals surface area contributed by atoms with Crippen molar-refractivity contribution in [2.24, 2.45) is 7.05 Å². The minimum atomic E-state index is 0.362. The highest BCUT2D eigenvalue weighted by molar-refractivity contribution is 5.72. The summed E-state index contributed by atoms with van der Waals surface area (Å²) in [6.07, 6.45) is 4.03. The van der Waals surface area contributed by atoms with Gasteiger partial charge in [0.2, 0.25) is 0 Å². The quantitative estimate of drug-likeness (QED) is 0.650. The van der Waals surface area contributed by atoms with Crippen molar-refractivity contribution in [1.29, 1.82) is 0 Å². The fraction of sp³-hybridized carbons (Fsp3) is 0.111. The maximum atomic E-state index is 10.5. The molecule has 0 fully saturated rings. The molecular formula is C9H8N4O. The molecule has 0 saturated heterocycles. The van der Waals surface area contributed by atoms with Gasteiger partial charge < -0.3 is 0 Å². The third-order valence-corrected chi connectivity index (χ3v) is 1.74.